The molecule has 26 heavy (non-hydrogen) atoms. The summed E-state index contributed by atoms with van der Waals surface area (Å²) in [7, 11) is 0. The summed E-state index contributed by atoms with van der Waals surface area (Å²) in [6, 6.07) is 16.6. The van der Waals surface area contributed by atoms with Gasteiger partial charge in [0.25, 0.3) is 5.91 Å². The maximum atomic E-state index is 13.0. The molecule has 0 radical (unpaired) electrons. The van der Waals surface area contributed by atoms with Crippen molar-refractivity contribution in [3.63, 3.8) is 0 Å². The van der Waals surface area contributed by atoms with Gasteiger partial charge in [0, 0.05) is 11.8 Å². The fourth-order valence-corrected chi connectivity index (χ4v) is 2.61. The fourth-order valence-electron chi connectivity index (χ4n) is 2.61. The number of benzene rings is 1. The summed E-state index contributed by atoms with van der Waals surface area (Å²) in [4.78, 5) is 19.1. The lowest BCUT2D eigenvalue weighted by molar-refractivity contribution is 0.0715. The largest absolute Gasteiger partial charge is 0.491 e. The summed E-state index contributed by atoms with van der Waals surface area (Å²) in [6.07, 6.45) is 3.43. The van der Waals surface area contributed by atoms with Gasteiger partial charge in [0.1, 0.15) is 11.5 Å². The first-order valence-electron chi connectivity index (χ1n) is 8.60. The molecule has 0 saturated heterocycles. The predicted molar refractivity (Wildman–Crippen MR) is 98.7 cm³/mol. The zero-order chi connectivity index (χ0) is 18.4. The van der Waals surface area contributed by atoms with Crippen LogP contribution in [0.15, 0.2) is 71.5 Å². The van der Waals surface area contributed by atoms with Crippen molar-refractivity contribution in [2.24, 2.45) is 0 Å². The van der Waals surface area contributed by atoms with Crippen LogP contribution in [0.25, 0.3) is 0 Å². The summed E-state index contributed by atoms with van der Waals surface area (Å²) in [5.41, 5.74) is 1.43. The van der Waals surface area contributed by atoms with E-state index in [2.05, 4.69) is 4.98 Å². The van der Waals surface area contributed by atoms with Crippen LogP contribution in [-0.4, -0.2) is 21.9 Å². The molecule has 134 valence electrons. The van der Waals surface area contributed by atoms with E-state index < -0.39 is 0 Å². The van der Waals surface area contributed by atoms with Gasteiger partial charge in [-0.2, -0.15) is 0 Å². The van der Waals surface area contributed by atoms with Crippen LogP contribution in [0.4, 0.5) is 0 Å². The maximum Gasteiger partial charge on any atom is 0.254 e. The number of ether oxygens (including phenoxy) is 1. The highest BCUT2D eigenvalue weighted by molar-refractivity contribution is 5.94. The van der Waals surface area contributed by atoms with E-state index in [9.17, 15) is 4.79 Å². The number of carbonyl (C=O) groups is 1. The molecule has 0 aliphatic carbocycles. The van der Waals surface area contributed by atoms with Crippen molar-refractivity contribution in [3.8, 4) is 5.75 Å². The topological polar surface area (TPSA) is 55.6 Å². The number of amides is 1. The van der Waals surface area contributed by atoms with E-state index >= 15 is 0 Å². The van der Waals surface area contributed by atoms with Gasteiger partial charge in [-0.1, -0.05) is 6.07 Å². The molecule has 0 spiro atoms. The minimum Gasteiger partial charge on any atom is -0.491 e. The Morgan fingerprint density at radius 2 is 1.88 bits per heavy atom. The van der Waals surface area contributed by atoms with Crippen LogP contribution >= 0.6 is 0 Å². The third-order valence-electron chi connectivity index (χ3n) is 3.77. The molecule has 5 heteroatoms. The van der Waals surface area contributed by atoms with E-state index in [4.69, 9.17) is 9.15 Å². The standard InChI is InChI=1S/C21H22N2O3/c1-16(2)26-19-10-8-17(9-11-19)21(24)23(15-20-7-5-13-25-20)14-18-6-3-4-12-22-18/h3-13,16H,14-15H2,1-2H3. The van der Waals surface area contributed by atoms with Crippen molar-refractivity contribution in [1.29, 1.82) is 0 Å². The second kappa shape index (κ2) is 8.34. The van der Waals surface area contributed by atoms with Gasteiger partial charge < -0.3 is 14.1 Å². The van der Waals surface area contributed by atoms with Gasteiger partial charge in [-0.25, -0.2) is 0 Å². The Hall–Kier alpha value is -3.08. The highest BCUT2D eigenvalue weighted by Gasteiger charge is 2.18. The average molecular weight is 350 g/mol. The second-order valence-electron chi connectivity index (χ2n) is 6.25. The van der Waals surface area contributed by atoms with Gasteiger partial charge >= 0.3 is 0 Å². The number of rotatable bonds is 7. The van der Waals surface area contributed by atoms with Gasteiger partial charge in [0.2, 0.25) is 0 Å². The lowest BCUT2D eigenvalue weighted by atomic mass is 10.1. The van der Waals surface area contributed by atoms with Crippen LogP contribution in [0.3, 0.4) is 0 Å². The minimum atomic E-state index is -0.0804. The molecule has 0 aliphatic heterocycles. The summed E-state index contributed by atoms with van der Waals surface area (Å²) in [5, 5.41) is 0. The number of aromatic nitrogens is 1. The first kappa shape index (κ1) is 17.7. The van der Waals surface area contributed by atoms with E-state index in [1.54, 1.807) is 29.5 Å². The van der Waals surface area contributed by atoms with Crippen molar-refractivity contribution in [1.82, 2.24) is 9.88 Å². The van der Waals surface area contributed by atoms with Crippen molar-refractivity contribution in [3.05, 3.63) is 84.1 Å². The van der Waals surface area contributed by atoms with Gasteiger partial charge in [0.05, 0.1) is 31.2 Å². The average Bonchev–Trinajstić information content (AvgIpc) is 3.15. The van der Waals surface area contributed by atoms with E-state index in [1.165, 1.54) is 0 Å². The number of hydrogen-bond donors (Lipinski definition) is 0. The van der Waals surface area contributed by atoms with Crippen molar-refractivity contribution in [2.45, 2.75) is 33.0 Å². The molecular formula is C21H22N2O3. The maximum absolute atomic E-state index is 13.0. The molecule has 3 rings (SSSR count). The Labute approximate surface area is 153 Å². The van der Waals surface area contributed by atoms with Gasteiger partial charge in [-0.05, 0) is 62.4 Å². The Morgan fingerprint density at radius 1 is 1.08 bits per heavy atom. The molecule has 0 atom stereocenters. The molecule has 0 aliphatic rings. The second-order valence-corrected chi connectivity index (χ2v) is 6.25. The number of pyridine rings is 1. The molecule has 1 aromatic carbocycles. The van der Waals surface area contributed by atoms with Crippen molar-refractivity contribution >= 4 is 5.91 Å². The van der Waals surface area contributed by atoms with Crippen LogP contribution in [0.1, 0.15) is 35.7 Å². The van der Waals surface area contributed by atoms with Crippen LogP contribution in [0, 0.1) is 0 Å². The summed E-state index contributed by atoms with van der Waals surface area (Å²) in [6.45, 7) is 4.73. The molecule has 3 aromatic rings. The van der Waals surface area contributed by atoms with E-state index in [-0.39, 0.29) is 12.0 Å². The van der Waals surface area contributed by atoms with E-state index in [0.29, 0.717) is 18.7 Å². The zero-order valence-corrected chi connectivity index (χ0v) is 15.0. The zero-order valence-electron chi connectivity index (χ0n) is 15.0. The lowest BCUT2D eigenvalue weighted by Gasteiger charge is -2.21. The van der Waals surface area contributed by atoms with Crippen LogP contribution in [0.2, 0.25) is 0 Å². The van der Waals surface area contributed by atoms with Crippen LogP contribution in [0.5, 0.6) is 5.75 Å². The summed E-state index contributed by atoms with van der Waals surface area (Å²) < 4.78 is 11.1. The molecule has 0 N–H and O–H groups in total. The number of carbonyl (C=O) groups excluding carboxylic acids is 1. The normalized spacial score (nSPS) is 10.7. The monoisotopic (exact) mass is 350 g/mol. The molecule has 1 amide bonds. The Kier molecular flexibility index (Phi) is 5.69. The van der Waals surface area contributed by atoms with Crippen molar-refractivity contribution < 1.29 is 13.9 Å². The summed E-state index contributed by atoms with van der Waals surface area (Å²) >= 11 is 0. The third kappa shape index (κ3) is 4.72. The molecule has 0 bridgehead atoms. The Bertz CT molecular complexity index is 812. The van der Waals surface area contributed by atoms with Gasteiger partial charge in [0.15, 0.2) is 0 Å². The predicted octanol–water partition coefficient (Wildman–Crippen LogP) is 4.30. The minimum absolute atomic E-state index is 0.0804. The number of hydrogen-bond acceptors (Lipinski definition) is 4. The first-order chi connectivity index (χ1) is 12.6. The third-order valence-corrected chi connectivity index (χ3v) is 3.77. The van der Waals surface area contributed by atoms with E-state index in [0.717, 1.165) is 17.2 Å². The number of furan rings is 1. The van der Waals surface area contributed by atoms with Crippen molar-refractivity contribution in [2.75, 3.05) is 0 Å². The number of nitrogens with zero attached hydrogens (tertiary/aromatic N) is 2. The van der Waals surface area contributed by atoms with Crippen LogP contribution in [-0.2, 0) is 13.1 Å². The highest BCUT2D eigenvalue weighted by Crippen LogP contribution is 2.18. The van der Waals surface area contributed by atoms with Gasteiger partial charge in [-0.3, -0.25) is 9.78 Å². The highest BCUT2D eigenvalue weighted by atomic mass is 16.5. The molecule has 0 unspecified atom stereocenters. The lowest BCUT2D eigenvalue weighted by Crippen LogP contribution is -2.30. The molecule has 5 nitrogen and oxygen atoms in total. The van der Waals surface area contributed by atoms with Gasteiger partial charge in [-0.15, -0.1) is 0 Å². The quantitative estimate of drug-likeness (QED) is 0.637. The Balaban J connectivity index is 1.79. The molecule has 0 saturated carbocycles. The molecular weight excluding hydrogens is 328 g/mol. The molecule has 2 heterocycles. The first-order valence-corrected chi connectivity index (χ1v) is 8.60. The smallest absolute Gasteiger partial charge is 0.254 e. The SMILES string of the molecule is CC(C)Oc1ccc(C(=O)N(Cc2ccccn2)Cc2ccco2)cc1. The Morgan fingerprint density at radius 3 is 2.50 bits per heavy atom. The molecule has 0 fully saturated rings. The molecule has 2 aromatic heterocycles. The van der Waals surface area contributed by atoms with E-state index in [1.807, 2.05) is 56.3 Å². The van der Waals surface area contributed by atoms with Crippen LogP contribution < -0.4 is 4.74 Å². The summed E-state index contributed by atoms with van der Waals surface area (Å²) in [5.74, 6) is 1.40. The fraction of sp³-hybridized carbons (Fsp3) is 0.238.